The molecule has 2 nitrogen and oxygen atoms in total. The van der Waals surface area contributed by atoms with Gasteiger partial charge >= 0.3 is 0 Å². The Labute approximate surface area is 111 Å². The van der Waals surface area contributed by atoms with Crippen molar-refractivity contribution >= 4 is 15.9 Å². The van der Waals surface area contributed by atoms with Crippen molar-refractivity contribution in [3.8, 4) is 0 Å². The molecule has 0 fully saturated rings. The van der Waals surface area contributed by atoms with E-state index in [1.54, 1.807) is 7.11 Å². The van der Waals surface area contributed by atoms with Gasteiger partial charge in [0.25, 0.3) is 0 Å². The number of methoxy groups -OCH3 is 1. The monoisotopic (exact) mass is 303 g/mol. The van der Waals surface area contributed by atoms with E-state index in [9.17, 15) is 4.39 Å². The average Bonchev–Trinajstić information content (AvgIpc) is 2.28. The minimum atomic E-state index is -0.146. The van der Waals surface area contributed by atoms with Crippen LogP contribution in [0.4, 0.5) is 4.39 Å². The quantitative estimate of drug-likeness (QED) is 0.835. The molecule has 0 spiro atoms. The molecule has 96 valence electrons. The van der Waals surface area contributed by atoms with Crippen molar-refractivity contribution in [2.45, 2.75) is 25.8 Å². The fraction of sp³-hybridized carbons (Fsp3) is 0.538. The van der Waals surface area contributed by atoms with Crippen LogP contribution >= 0.6 is 15.9 Å². The van der Waals surface area contributed by atoms with Crippen LogP contribution in [0.25, 0.3) is 0 Å². The van der Waals surface area contributed by atoms with Crippen LogP contribution < -0.4 is 5.32 Å². The van der Waals surface area contributed by atoms with Crippen molar-refractivity contribution in [1.82, 2.24) is 5.32 Å². The fourth-order valence-electron chi connectivity index (χ4n) is 1.79. The van der Waals surface area contributed by atoms with Gasteiger partial charge in [0.2, 0.25) is 0 Å². The third kappa shape index (κ3) is 5.15. The molecule has 0 aliphatic carbocycles. The highest BCUT2D eigenvalue weighted by Gasteiger charge is 2.09. The van der Waals surface area contributed by atoms with Gasteiger partial charge in [0, 0.05) is 17.6 Å². The number of ether oxygens (including phenoxy) is 1. The molecule has 0 aromatic heterocycles. The maximum Gasteiger partial charge on any atom is 0.127 e. The van der Waals surface area contributed by atoms with Gasteiger partial charge in [-0.25, -0.2) is 4.39 Å². The molecule has 1 unspecified atom stereocenters. The number of rotatable bonds is 7. The lowest BCUT2D eigenvalue weighted by Gasteiger charge is -2.16. The van der Waals surface area contributed by atoms with Gasteiger partial charge in [0.1, 0.15) is 5.82 Å². The molecule has 1 atom stereocenters. The van der Waals surface area contributed by atoms with Crippen molar-refractivity contribution < 1.29 is 9.13 Å². The van der Waals surface area contributed by atoms with Crippen molar-refractivity contribution in [2.24, 2.45) is 0 Å². The Morgan fingerprint density at radius 3 is 2.82 bits per heavy atom. The molecule has 4 heteroatoms. The number of aryl methyl sites for hydroxylation is 1. The average molecular weight is 304 g/mol. The maximum absolute atomic E-state index is 13.6. The third-order valence-corrected chi connectivity index (χ3v) is 3.13. The molecule has 17 heavy (non-hydrogen) atoms. The molecule has 0 aliphatic heterocycles. The first-order valence-corrected chi connectivity index (χ1v) is 6.63. The second-order valence-corrected chi connectivity index (χ2v) is 4.90. The van der Waals surface area contributed by atoms with Crippen LogP contribution in [0.1, 0.15) is 18.9 Å². The van der Waals surface area contributed by atoms with Crippen LogP contribution in [0.5, 0.6) is 0 Å². The zero-order valence-corrected chi connectivity index (χ0v) is 11.9. The van der Waals surface area contributed by atoms with Crippen molar-refractivity contribution in [1.29, 1.82) is 0 Å². The molecule has 1 aromatic carbocycles. The number of hydrogen-bond donors (Lipinski definition) is 1. The Morgan fingerprint density at radius 2 is 2.24 bits per heavy atom. The molecular formula is C13H19BrFNO. The highest BCUT2D eigenvalue weighted by Crippen LogP contribution is 2.17. The summed E-state index contributed by atoms with van der Waals surface area (Å²) in [6, 6.07) is 5.49. The van der Waals surface area contributed by atoms with E-state index in [0.29, 0.717) is 6.61 Å². The lowest BCUT2D eigenvalue weighted by Crippen LogP contribution is -2.33. The van der Waals surface area contributed by atoms with Gasteiger partial charge < -0.3 is 10.1 Å². The first-order valence-electron chi connectivity index (χ1n) is 5.83. The van der Waals surface area contributed by atoms with E-state index < -0.39 is 0 Å². The Bertz CT molecular complexity index is 340. The molecule has 0 saturated carbocycles. The van der Waals surface area contributed by atoms with Crippen LogP contribution in [0, 0.1) is 5.82 Å². The predicted octanol–water partition coefficient (Wildman–Crippen LogP) is 3.15. The summed E-state index contributed by atoms with van der Waals surface area (Å²) >= 11 is 3.25. The summed E-state index contributed by atoms with van der Waals surface area (Å²) in [4.78, 5) is 0. The van der Waals surface area contributed by atoms with E-state index in [1.165, 1.54) is 6.07 Å². The molecule has 0 aliphatic rings. The molecule has 0 amide bonds. The van der Waals surface area contributed by atoms with Crippen LogP contribution in [0.2, 0.25) is 0 Å². The van der Waals surface area contributed by atoms with Crippen LogP contribution in [0.15, 0.2) is 22.7 Å². The number of benzene rings is 1. The molecule has 1 aromatic rings. The fourth-order valence-corrected chi connectivity index (χ4v) is 2.12. The van der Waals surface area contributed by atoms with E-state index in [2.05, 4.69) is 28.2 Å². The number of likely N-dealkylation sites (N-methyl/N-ethyl adjacent to an activating group) is 1. The lowest BCUT2D eigenvalue weighted by molar-refractivity contribution is 0.163. The van der Waals surface area contributed by atoms with Crippen LogP contribution in [0.3, 0.4) is 0 Å². The summed E-state index contributed by atoms with van der Waals surface area (Å²) in [6.07, 6.45) is 1.60. The van der Waals surface area contributed by atoms with E-state index in [4.69, 9.17) is 4.74 Å². The summed E-state index contributed by atoms with van der Waals surface area (Å²) in [5.41, 5.74) is 0.757. The molecule has 0 radical (unpaired) electrons. The second kappa shape index (κ2) is 7.80. The SMILES string of the molecule is CCNC(CCc1ccc(Br)cc1F)COC. The zero-order valence-electron chi connectivity index (χ0n) is 10.3. The molecule has 1 rings (SSSR count). The smallest absolute Gasteiger partial charge is 0.127 e. The standard InChI is InChI=1S/C13H19BrFNO/c1-3-16-12(9-17-2)7-5-10-4-6-11(14)8-13(10)15/h4,6,8,12,16H,3,5,7,9H2,1-2H3. The third-order valence-electron chi connectivity index (χ3n) is 2.64. The van der Waals surface area contributed by atoms with Gasteiger partial charge in [-0.15, -0.1) is 0 Å². The molecule has 0 bridgehead atoms. The molecule has 0 saturated heterocycles. The largest absolute Gasteiger partial charge is 0.383 e. The lowest BCUT2D eigenvalue weighted by atomic mass is 10.1. The Balaban J connectivity index is 2.52. The first kappa shape index (κ1) is 14.6. The Kier molecular flexibility index (Phi) is 6.70. The first-order chi connectivity index (χ1) is 8.17. The normalized spacial score (nSPS) is 12.7. The van der Waals surface area contributed by atoms with Gasteiger partial charge in [0.05, 0.1) is 6.61 Å². The van der Waals surface area contributed by atoms with Crippen molar-refractivity contribution in [3.05, 3.63) is 34.1 Å². The summed E-state index contributed by atoms with van der Waals surface area (Å²) in [5.74, 6) is -0.146. The Hall–Kier alpha value is -0.450. The topological polar surface area (TPSA) is 21.3 Å². The van der Waals surface area contributed by atoms with Gasteiger partial charge in [-0.05, 0) is 37.1 Å². The minimum absolute atomic E-state index is 0.146. The summed E-state index contributed by atoms with van der Waals surface area (Å²) in [6.45, 7) is 3.62. The maximum atomic E-state index is 13.6. The summed E-state index contributed by atoms with van der Waals surface area (Å²) < 4.78 is 19.5. The van der Waals surface area contributed by atoms with E-state index in [1.807, 2.05) is 12.1 Å². The number of halogens is 2. The molecular weight excluding hydrogens is 285 g/mol. The summed E-state index contributed by atoms with van der Waals surface area (Å²) in [5, 5.41) is 3.33. The highest BCUT2D eigenvalue weighted by atomic mass is 79.9. The van der Waals surface area contributed by atoms with E-state index in [0.717, 1.165) is 29.4 Å². The number of hydrogen-bond acceptors (Lipinski definition) is 2. The second-order valence-electron chi connectivity index (χ2n) is 3.98. The zero-order chi connectivity index (χ0) is 12.7. The van der Waals surface area contributed by atoms with Crippen LogP contribution in [-0.4, -0.2) is 26.3 Å². The molecule has 0 heterocycles. The summed E-state index contributed by atoms with van der Waals surface area (Å²) in [7, 11) is 1.69. The van der Waals surface area contributed by atoms with Gasteiger partial charge in [-0.1, -0.05) is 28.9 Å². The van der Waals surface area contributed by atoms with Gasteiger partial charge in [-0.3, -0.25) is 0 Å². The Morgan fingerprint density at radius 1 is 1.47 bits per heavy atom. The van der Waals surface area contributed by atoms with Crippen molar-refractivity contribution in [3.63, 3.8) is 0 Å². The highest BCUT2D eigenvalue weighted by molar-refractivity contribution is 9.10. The predicted molar refractivity (Wildman–Crippen MR) is 71.8 cm³/mol. The van der Waals surface area contributed by atoms with E-state index >= 15 is 0 Å². The van der Waals surface area contributed by atoms with Gasteiger partial charge in [0.15, 0.2) is 0 Å². The van der Waals surface area contributed by atoms with Gasteiger partial charge in [-0.2, -0.15) is 0 Å². The molecule has 1 N–H and O–H groups in total. The number of nitrogens with one attached hydrogen (secondary N) is 1. The van der Waals surface area contributed by atoms with E-state index in [-0.39, 0.29) is 11.9 Å². The van der Waals surface area contributed by atoms with Crippen molar-refractivity contribution in [2.75, 3.05) is 20.3 Å². The van der Waals surface area contributed by atoms with Crippen LogP contribution in [-0.2, 0) is 11.2 Å². The minimum Gasteiger partial charge on any atom is -0.383 e.